The molecule has 0 aliphatic rings. The number of carboxylic acids is 1. The Morgan fingerprint density at radius 3 is 2.80 bits per heavy atom. The molecule has 0 atom stereocenters. The van der Waals surface area contributed by atoms with Crippen molar-refractivity contribution in [1.29, 1.82) is 0 Å². The first-order chi connectivity index (χ1) is 7.16. The second-order valence-corrected chi connectivity index (χ2v) is 3.37. The Bertz CT molecular complexity index is 508. The molecule has 0 bridgehead atoms. The maximum absolute atomic E-state index is 10.6. The number of hydrogen-bond donors (Lipinski definition) is 1. The predicted octanol–water partition coefficient (Wildman–Crippen LogP) is 2.22. The van der Waals surface area contributed by atoms with E-state index in [4.69, 9.17) is 16.7 Å². The minimum Gasteiger partial charge on any atom is -0.476 e. The summed E-state index contributed by atoms with van der Waals surface area (Å²) in [5.41, 5.74) is 0.741. The fraction of sp³-hybridized carbons (Fsp3) is 0. The summed E-state index contributed by atoms with van der Waals surface area (Å²) >= 11 is 5.81. The third-order valence-corrected chi connectivity index (χ3v) is 2.12. The molecule has 2 rings (SSSR count). The molecule has 0 fully saturated rings. The van der Waals surface area contributed by atoms with E-state index in [0.717, 1.165) is 5.69 Å². The SMILES string of the molecule is O=C(O)c1ccn(-c2cccc(Cl)c2)n1. The van der Waals surface area contributed by atoms with Crippen molar-refractivity contribution in [3.05, 3.63) is 47.2 Å². The number of carboxylic acid groups (broad SMARTS) is 1. The molecule has 1 heterocycles. The van der Waals surface area contributed by atoms with Gasteiger partial charge in [0.2, 0.25) is 0 Å². The Morgan fingerprint density at radius 2 is 2.20 bits per heavy atom. The van der Waals surface area contributed by atoms with Gasteiger partial charge in [-0.05, 0) is 24.3 Å². The van der Waals surface area contributed by atoms with Crippen molar-refractivity contribution in [3.63, 3.8) is 0 Å². The van der Waals surface area contributed by atoms with E-state index < -0.39 is 5.97 Å². The van der Waals surface area contributed by atoms with Gasteiger partial charge in [-0.2, -0.15) is 5.10 Å². The molecule has 15 heavy (non-hydrogen) atoms. The number of benzene rings is 1. The average Bonchev–Trinajstić information content (AvgIpc) is 2.66. The molecule has 0 aliphatic carbocycles. The number of rotatable bonds is 2. The van der Waals surface area contributed by atoms with Gasteiger partial charge in [0.05, 0.1) is 5.69 Å². The number of hydrogen-bond acceptors (Lipinski definition) is 2. The molecule has 2 aromatic rings. The van der Waals surface area contributed by atoms with Crippen LogP contribution in [-0.2, 0) is 0 Å². The predicted molar refractivity (Wildman–Crippen MR) is 55.5 cm³/mol. The number of halogens is 1. The topological polar surface area (TPSA) is 55.1 Å². The lowest BCUT2D eigenvalue weighted by molar-refractivity contribution is 0.0690. The molecule has 1 aromatic heterocycles. The van der Waals surface area contributed by atoms with E-state index in [1.165, 1.54) is 10.7 Å². The van der Waals surface area contributed by atoms with Crippen LogP contribution in [0.2, 0.25) is 5.02 Å². The van der Waals surface area contributed by atoms with Crippen LogP contribution in [0.5, 0.6) is 0 Å². The number of nitrogens with zero attached hydrogens (tertiary/aromatic N) is 2. The third-order valence-electron chi connectivity index (χ3n) is 1.88. The fourth-order valence-corrected chi connectivity index (χ4v) is 1.38. The molecule has 0 amide bonds. The number of aromatic carboxylic acids is 1. The number of carbonyl (C=O) groups is 1. The van der Waals surface area contributed by atoms with Gasteiger partial charge >= 0.3 is 5.97 Å². The first-order valence-corrected chi connectivity index (χ1v) is 4.59. The van der Waals surface area contributed by atoms with E-state index in [2.05, 4.69) is 5.10 Å². The van der Waals surface area contributed by atoms with Gasteiger partial charge in [-0.3, -0.25) is 0 Å². The zero-order chi connectivity index (χ0) is 10.8. The smallest absolute Gasteiger partial charge is 0.356 e. The largest absolute Gasteiger partial charge is 0.476 e. The van der Waals surface area contributed by atoms with Gasteiger partial charge in [-0.25, -0.2) is 9.48 Å². The Hall–Kier alpha value is -1.81. The number of aromatic nitrogens is 2. The summed E-state index contributed by atoms with van der Waals surface area (Å²) in [4.78, 5) is 10.6. The standard InChI is InChI=1S/C10H7ClN2O2/c11-7-2-1-3-8(6-7)13-5-4-9(12-13)10(14)15/h1-6H,(H,14,15). The van der Waals surface area contributed by atoms with Gasteiger partial charge < -0.3 is 5.11 Å². The monoisotopic (exact) mass is 222 g/mol. The van der Waals surface area contributed by atoms with Crippen molar-refractivity contribution in [1.82, 2.24) is 9.78 Å². The minimum absolute atomic E-state index is 0.00924. The molecule has 0 saturated heterocycles. The summed E-state index contributed by atoms with van der Waals surface area (Å²) in [6.45, 7) is 0. The molecule has 0 radical (unpaired) electrons. The van der Waals surface area contributed by atoms with Crippen LogP contribution in [0.25, 0.3) is 5.69 Å². The molecule has 1 aromatic carbocycles. The van der Waals surface area contributed by atoms with Crippen LogP contribution < -0.4 is 0 Å². The molecule has 0 saturated carbocycles. The van der Waals surface area contributed by atoms with Crippen LogP contribution in [0.4, 0.5) is 0 Å². The van der Waals surface area contributed by atoms with E-state index >= 15 is 0 Å². The minimum atomic E-state index is -1.05. The first-order valence-electron chi connectivity index (χ1n) is 4.22. The van der Waals surface area contributed by atoms with Crippen LogP contribution in [0.15, 0.2) is 36.5 Å². The maximum Gasteiger partial charge on any atom is 0.356 e. The Kier molecular flexibility index (Phi) is 2.43. The van der Waals surface area contributed by atoms with Crippen LogP contribution in [0, 0.1) is 0 Å². The highest BCUT2D eigenvalue weighted by Gasteiger charge is 2.07. The van der Waals surface area contributed by atoms with Gasteiger partial charge in [0.25, 0.3) is 0 Å². The lowest BCUT2D eigenvalue weighted by Crippen LogP contribution is -2.00. The molecular formula is C10H7ClN2O2. The van der Waals surface area contributed by atoms with Crippen LogP contribution in [0.1, 0.15) is 10.5 Å². The first kappa shape index (κ1) is 9.73. The summed E-state index contributed by atoms with van der Waals surface area (Å²) in [5.74, 6) is -1.05. The average molecular weight is 223 g/mol. The van der Waals surface area contributed by atoms with Gasteiger partial charge in [-0.1, -0.05) is 17.7 Å². The van der Waals surface area contributed by atoms with E-state index in [1.54, 1.807) is 30.5 Å². The quantitative estimate of drug-likeness (QED) is 0.848. The highest BCUT2D eigenvalue weighted by Crippen LogP contribution is 2.14. The molecular weight excluding hydrogens is 216 g/mol. The van der Waals surface area contributed by atoms with Gasteiger partial charge in [0, 0.05) is 11.2 Å². The van der Waals surface area contributed by atoms with Crippen molar-refractivity contribution < 1.29 is 9.90 Å². The van der Waals surface area contributed by atoms with Crippen LogP contribution in [-0.4, -0.2) is 20.9 Å². The Labute approximate surface area is 90.7 Å². The lowest BCUT2D eigenvalue weighted by Gasteiger charge is -2.00. The van der Waals surface area contributed by atoms with Crippen molar-refractivity contribution in [2.45, 2.75) is 0 Å². The lowest BCUT2D eigenvalue weighted by atomic mass is 10.3. The van der Waals surface area contributed by atoms with Crippen molar-refractivity contribution in [3.8, 4) is 5.69 Å². The van der Waals surface area contributed by atoms with Crippen LogP contribution >= 0.6 is 11.6 Å². The van der Waals surface area contributed by atoms with Gasteiger partial charge in [-0.15, -0.1) is 0 Å². The molecule has 0 spiro atoms. The summed E-state index contributed by atoms with van der Waals surface area (Å²) in [6.07, 6.45) is 1.58. The van der Waals surface area contributed by atoms with E-state index in [-0.39, 0.29) is 5.69 Å². The summed E-state index contributed by atoms with van der Waals surface area (Å²) in [6, 6.07) is 8.46. The molecule has 76 valence electrons. The van der Waals surface area contributed by atoms with E-state index in [0.29, 0.717) is 5.02 Å². The van der Waals surface area contributed by atoms with E-state index in [1.807, 2.05) is 0 Å². The highest BCUT2D eigenvalue weighted by molar-refractivity contribution is 6.30. The highest BCUT2D eigenvalue weighted by atomic mass is 35.5. The van der Waals surface area contributed by atoms with E-state index in [9.17, 15) is 4.79 Å². The zero-order valence-corrected chi connectivity index (χ0v) is 8.35. The van der Waals surface area contributed by atoms with Crippen molar-refractivity contribution in [2.75, 3.05) is 0 Å². The third kappa shape index (κ3) is 1.99. The maximum atomic E-state index is 10.6. The van der Waals surface area contributed by atoms with Crippen molar-refractivity contribution in [2.24, 2.45) is 0 Å². The molecule has 0 unspecified atom stereocenters. The van der Waals surface area contributed by atoms with Crippen LogP contribution in [0.3, 0.4) is 0 Å². The molecule has 1 N–H and O–H groups in total. The molecule has 5 heteroatoms. The molecule has 0 aliphatic heterocycles. The summed E-state index contributed by atoms with van der Waals surface area (Å²) < 4.78 is 1.47. The van der Waals surface area contributed by atoms with Crippen molar-refractivity contribution >= 4 is 17.6 Å². The Morgan fingerprint density at radius 1 is 1.40 bits per heavy atom. The summed E-state index contributed by atoms with van der Waals surface area (Å²) in [7, 11) is 0. The molecule has 4 nitrogen and oxygen atoms in total. The fourth-order valence-electron chi connectivity index (χ4n) is 1.20. The Balaban J connectivity index is 2.41. The second-order valence-electron chi connectivity index (χ2n) is 2.93. The zero-order valence-electron chi connectivity index (χ0n) is 7.59. The van der Waals surface area contributed by atoms with Gasteiger partial charge in [0.1, 0.15) is 0 Å². The van der Waals surface area contributed by atoms with Gasteiger partial charge in [0.15, 0.2) is 5.69 Å². The second kappa shape index (κ2) is 3.74. The summed E-state index contributed by atoms with van der Waals surface area (Å²) in [5, 5.41) is 13.2. The normalized spacial score (nSPS) is 10.2.